The van der Waals surface area contributed by atoms with Gasteiger partial charge in [0.25, 0.3) is 0 Å². The molecule has 120 heavy (non-hydrogen) atoms. The largest absolute Gasteiger partial charge is 0.493 e. The first-order valence-corrected chi connectivity index (χ1v) is 39.3. The van der Waals surface area contributed by atoms with Crippen molar-refractivity contribution in [2.75, 3.05) is 26.4 Å². The van der Waals surface area contributed by atoms with Crippen molar-refractivity contribution < 1.29 is 116 Å². The van der Waals surface area contributed by atoms with E-state index in [0.717, 1.165) is 73.5 Å². The zero-order valence-electron chi connectivity index (χ0n) is 64.2. The number of ketones is 2. The van der Waals surface area contributed by atoms with E-state index in [4.69, 9.17) is 18.9 Å². The molecular formula is C94H66F20O6. The van der Waals surface area contributed by atoms with E-state index in [9.17, 15) is 9.59 Å². The van der Waals surface area contributed by atoms with Gasteiger partial charge in [-0.15, -0.1) is 0 Å². The maximum Gasteiger partial charge on any atom is 0.200 e. The van der Waals surface area contributed by atoms with E-state index in [0.29, 0.717) is 77.0 Å². The Morgan fingerprint density at radius 1 is 0.208 bits per heavy atom. The zero-order chi connectivity index (χ0) is 85.2. The zero-order valence-corrected chi connectivity index (χ0v) is 64.2. The Morgan fingerprint density at radius 2 is 0.442 bits per heavy atom. The second-order valence-corrected chi connectivity index (χ2v) is 30.1. The Kier molecular flexibility index (Phi) is 22.0. The van der Waals surface area contributed by atoms with Gasteiger partial charge in [-0.2, -0.15) is 0 Å². The average Bonchev–Trinajstić information content (AvgIpc) is 0.675. The van der Waals surface area contributed by atoms with Crippen molar-refractivity contribution in [2.45, 2.75) is 130 Å². The lowest BCUT2D eigenvalue weighted by molar-refractivity contribution is 0.104. The molecule has 0 unspecified atom stereocenters. The first kappa shape index (κ1) is 82.0. The quantitative estimate of drug-likeness (QED) is 0.0122. The minimum Gasteiger partial charge on any atom is -0.493 e. The average molecular weight is 1670 g/mol. The molecule has 0 aliphatic heterocycles. The molecule has 16 rings (SSSR count). The van der Waals surface area contributed by atoms with Gasteiger partial charge in [0.2, 0.25) is 23.3 Å². The predicted octanol–water partition coefficient (Wildman–Crippen LogP) is 29.2. The molecule has 0 bridgehead atoms. The maximum atomic E-state index is 18.1. The van der Waals surface area contributed by atoms with Gasteiger partial charge in [-0.25, -0.2) is 87.8 Å². The molecule has 0 spiro atoms. The molecule has 26 heteroatoms. The van der Waals surface area contributed by atoms with Crippen LogP contribution in [0.3, 0.4) is 0 Å². The van der Waals surface area contributed by atoms with Crippen LogP contribution in [0.1, 0.15) is 162 Å². The highest BCUT2D eigenvalue weighted by atomic mass is 19.2. The van der Waals surface area contributed by atoms with Crippen molar-refractivity contribution in [1.82, 2.24) is 0 Å². The van der Waals surface area contributed by atoms with Crippen LogP contribution >= 0.6 is 0 Å². The van der Waals surface area contributed by atoms with Crippen molar-refractivity contribution in [3.05, 3.63) is 211 Å². The minimum absolute atomic E-state index is 0.103. The van der Waals surface area contributed by atoms with Crippen LogP contribution in [0, 0.1) is 116 Å². The summed E-state index contributed by atoms with van der Waals surface area (Å²) in [6.45, 7) is 6.52. The number of halogens is 20. The van der Waals surface area contributed by atoms with E-state index in [-0.39, 0.29) is 70.2 Å². The molecule has 618 valence electrons. The molecular weight excluding hydrogens is 1600 g/mol. The molecule has 14 aromatic carbocycles. The number of rotatable bonds is 28. The molecule has 14 aromatic rings. The summed E-state index contributed by atoms with van der Waals surface area (Å²) in [5, 5.41) is -8.89. The van der Waals surface area contributed by atoms with E-state index < -0.39 is 284 Å². The number of carbonyl (C=O) groups is 2. The van der Waals surface area contributed by atoms with Crippen LogP contribution < -0.4 is 18.9 Å². The summed E-state index contributed by atoms with van der Waals surface area (Å²) < 4.78 is 364. The first-order chi connectivity index (χ1) is 57.7. The van der Waals surface area contributed by atoms with Gasteiger partial charge in [0.1, 0.15) is 23.0 Å². The van der Waals surface area contributed by atoms with Crippen molar-refractivity contribution in [1.29, 1.82) is 0 Å². The van der Waals surface area contributed by atoms with E-state index in [1.807, 2.05) is 27.7 Å². The Balaban J connectivity index is 1.23. The number of fused-ring (bicyclic) bond motifs is 8. The lowest BCUT2D eigenvalue weighted by atomic mass is 9.77. The van der Waals surface area contributed by atoms with Gasteiger partial charge in [-0.1, -0.05) is 105 Å². The Morgan fingerprint density at radius 3 is 0.708 bits per heavy atom. The second-order valence-electron chi connectivity index (χ2n) is 30.1. The molecule has 2 aliphatic carbocycles. The fraction of sp³-hybridized carbons (Fsp3) is 0.255. The summed E-state index contributed by atoms with van der Waals surface area (Å²) >= 11 is 0. The molecule has 0 aromatic heterocycles. The summed E-state index contributed by atoms with van der Waals surface area (Å²) in [5.74, 6) is -54.0. The van der Waals surface area contributed by atoms with E-state index in [2.05, 4.69) is 0 Å². The van der Waals surface area contributed by atoms with Gasteiger partial charge in [0.05, 0.1) is 48.7 Å². The minimum atomic E-state index is -2.70. The third-order valence-corrected chi connectivity index (χ3v) is 22.9. The molecule has 0 fully saturated rings. The lowest BCUT2D eigenvalue weighted by Gasteiger charge is -2.27. The highest BCUT2D eigenvalue weighted by molar-refractivity contribution is 6.43. The van der Waals surface area contributed by atoms with Crippen LogP contribution in [0.15, 0.2) is 72.8 Å². The number of unbranched alkanes of at least 4 members (excludes halogenated alkanes) is 12. The number of carbonyl (C=O) groups excluding carboxylic acids is 2. The highest BCUT2D eigenvalue weighted by Gasteiger charge is 2.40. The number of allylic oxidation sites excluding steroid dienone is 2. The summed E-state index contributed by atoms with van der Waals surface area (Å²) in [6.07, 6.45) is 11.9. The number of hydrogen-bond donors (Lipinski definition) is 0. The topological polar surface area (TPSA) is 71.1 Å². The summed E-state index contributed by atoms with van der Waals surface area (Å²) in [5.41, 5.74) is -12.1. The maximum absolute atomic E-state index is 18.1. The van der Waals surface area contributed by atoms with Crippen molar-refractivity contribution in [3.8, 4) is 67.5 Å². The predicted molar refractivity (Wildman–Crippen MR) is 421 cm³/mol. The van der Waals surface area contributed by atoms with Crippen LogP contribution in [-0.2, 0) is 0 Å². The van der Waals surface area contributed by atoms with Crippen LogP contribution in [-0.4, -0.2) is 38.0 Å². The normalized spacial score (nSPS) is 12.8. The Bertz CT molecular complexity index is 6330. The molecule has 0 amide bonds. The Hall–Kier alpha value is -11.7. The van der Waals surface area contributed by atoms with Crippen LogP contribution in [0.25, 0.3) is 154 Å². The number of benzene rings is 14. The van der Waals surface area contributed by atoms with Crippen molar-refractivity contribution in [3.63, 3.8) is 0 Å². The fourth-order valence-corrected chi connectivity index (χ4v) is 17.4. The van der Waals surface area contributed by atoms with Crippen molar-refractivity contribution in [2.24, 2.45) is 0 Å². The molecule has 0 radical (unpaired) electrons. The molecule has 0 atom stereocenters. The molecule has 0 N–H and O–H groups in total. The molecule has 0 saturated carbocycles. The monoisotopic (exact) mass is 1670 g/mol. The van der Waals surface area contributed by atoms with Gasteiger partial charge in [-0.3, -0.25) is 9.59 Å². The number of ether oxygens (including phenoxy) is 4. The third-order valence-electron chi connectivity index (χ3n) is 22.9. The van der Waals surface area contributed by atoms with Crippen molar-refractivity contribution >= 4 is 121 Å². The highest BCUT2D eigenvalue weighted by Crippen LogP contribution is 2.60. The smallest absolute Gasteiger partial charge is 0.200 e. The summed E-state index contributed by atoms with van der Waals surface area (Å²) in [6, 6.07) is 11.2. The van der Waals surface area contributed by atoms with E-state index >= 15 is 87.8 Å². The van der Waals surface area contributed by atoms with Gasteiger partial charge >= 0.3 is 0 Å². The first-order valence-electron chi connectivity index (χ1n) is 39.3. The van der Waals surface area contributed by atoms with Crippen LogP contribution in [0.5, 0.6) is 23.0 Å². The Labute approximate surface area is 669 Å². The van der Waals surface area contributed by atoms with Gasteiger partial charge < -0.3 is 18.9 Å². The third kappa shape index (κ3) is 12.7. The van der Waals surface area contributed by atoms with E-state index in [1.54, 1.807) is 0 Å². The van der Waals surface area contributed by atoms with Gasteiger partial charge in [0, 0.05) is 76.5 Å². The molecule has 6 nitrogen and oxygen atoms in total. The van der Waals surface area contributed by atoms with Gasteiger partial charge in [0.15, 0.2) is 105 Å². The standard InChI is InChI=1S/C94H66F20O6/c1-5-9-13-17-29-117-55-27-23-39-53(115)25-21-41-59(39)65(55)47-35-45-49(33-43(47)61(41)71-75(95)83(103)91(111)84(104)76(71)96)67-57(119-31-19-15-11-7-3)38-52-64(74-81(101)89(109)94(114)90(110)82(74)102)46-36-48-44(34-50(46)68-58(120-32-20-16-12-8-4)37-51(69(67)70(52)68)63(45)73-79(99)87(107)93(113)88(108)80(73)100)62(72-77(97)85(105)92(112)86(106)78(72)98)42-22-26-54(116)40-24-28-56(66(48)60(40)42)118-30-18-14-10-6-2/h21-28,33-38H,5-20,29-32H2,1-4H3. The lowest BCUT2D eigenvalue weighted by Crippen LogP contribution is -2.10. The summed E-state index contributed by atoms with van der Waals surface area (Å²) in [7, 11) is 0. The van der Waals surface area contributed by atoms with Crippen LogP contribution in [0.2, 0.25) is 0 Å². The second kappa shape index (κ2) is 32.1. The van der Waals surface area contributed by atoms with E-state index in [1.165, 1.54) is 24.3 Å². The molecule has 2 aliphatic rings. The van der Waals surface area contributed by atoms with Gasteiger partial charge in [-0.05, 0) is 176 Å². The molecule has 0 saturated heterocycles. The van der Waals surface area contributed by atoms with Crippen LogP contribution in [0.4, 0.5) is 87.8 Å². The number of hydrogen-bond acceptors (Lipinski definition) is 6. The molecule has 0 heterocycles. The SMILES string of the molecule is CCCCCCOc1ccc2c3c(c(-c4c(F)c(F)c(F)c(F)c4F)c4cc5c(cc4c13)c(-c1c(F)c(F)c(F)c(F)c1F)c1cc(OCCCCCC)c3c4cc6c(-c7c(F)c(F)c(F)c(F)c7F)c7c8c(ccc(OCCCCCC)c8c6cc4c(-c4c(F)c(F)c(F)c(F)c4F)c4cc(OCCCCCC)c5c1c43)C(=O)C=C7)C=CC2=O. The fourth-order valence-electron chi connectivity index (χ4n) is 17.4. The summed E-state index contributed by atoms with van der Waals surface area (Å²) in [4.78, 5) is 28.6.